The van der Waals surface area contributed by atoms with Crippen LogP contribution in [0.3, 0.4) is 0 Å². The van der Waals surface area contributed by atoms with Crippen molar-refractivity contribution in [3.8, 4) is 0 Å². The largest absolute Gasteiger partial charge is 0.344 e. The topological polar surface area (TPSA) is 22.0 Å². The van der Waals surface area contributed by atoms with E-state index in [1.807, 2.05) is 30.5 Å². The second-order valence-corrected chi connectivity index (χ2v) is 5.91. The molecular weight excluding hydrogens is 289 g/mol. The Hall–Kier alpha value is -2.42. The lowest BCUT2D eigenvalue weighted by Crippen LogP contribution is -2.05. The van der Waals surface area contributed by atoms with Crippen LogP contribution >= 0.6 is 0 Å². The molecule has 1 atom stereocenters. The Bertz CT molecular complexity index is 850. The van der Waals surface area contributed by atoms with Gasteiger partial charge in [-0.05, 0) is 31.5 Å². The van der Waals surface area contributed by atoms with Gasteiger partial charge in [0.15, 0.2) is 5.78 Å². The van der Waals surface area contributed by atoms with Gasteiger partial charge in [-0.1, -0.05) is 43.7 Å². The molecule has 0 N–H and O–H groups in total. The van der Waals surface area contributed by atoms with Crippen molar-refractivity contribution in [1.82, 2.24) is 4.57 Å². The summed E-state index contributed by atoms with van der Waals surface area (Å²) in [6.07, 6.45) is 3.98. The van der Waals surface area contributed by atoms with Crippen LogP contribution in [-0.2, 0) is 0 Å². The molecule has 0 fully saturated rings. The van der Waals surface area contributed by atoms with Crippen molar-refractivity contribution >= 4 is 16.7 Å². The van der Waals surface area contributed by atoms with E-state index in [9.17, 15) is 9.18 Å². The first kappa shape index (κ1) is 15.5. The number of fused-ring (bicyclic) bond motifs is 1. The lowest BCUT2D eigenvalue weighted by Gasteiger charge is -2.13. The van der Waals surface area contributed by atoms with E-state index in [4.69, 9.17) is 0 Å². The Morgan fingerprint density at radius 1 is 1.09 bits per heavy atom. The van der Waals surface area contributed by atoms with Crippen molar-refractivity contribution in [2.75, 3.05) is 0 Å². The molecule has 2 aromatic carbocycles. The summed E-state index contributed by atoms with van der Waals surface area (Å²) in [5.41, 5.74) is 1.71. The number of carbonyl (C=O) groups is 1. The fraction of sp³-hybridized carbons (Fsp3) is 0.250. The lowest BCUT2D eigenvalue weighted by molar-refractivity contribution is 0.103. The quantitative estimate of drug-likeness (QED) is 0.580. The number of ketones is 1. The van der Waals surface area contributed by atoms with Gasteiger partial charge in [-0.2, -0.15) is 0 Å². The second kappa shape index (κ2) is 6.37. The summed E-state index contributed by atoms with van der Waals surface area (Å²) in [7, 11) is 0. The molecule has 1 unspecified atom stereocenters. The fourth-order valence-corrected chi connectivity index (χ4v) is 3.10. The van der Waals surface area contributed by atoms with Gasteiger partial charge < -0.3 is 4.57 Å². The van der Waals surface area contributed by atoms with Crippen molar-refractivity contribution in [2.24, 2.45) is 0 Å². The average molecular weight is 309 g/mol. The van der Waals surface area contributed by atoms with Gasteiger partial charge in [-0.25, -0.2) is 4.39 Å². The molecule has 3 aromatic rings. The zero-order valence-corrected chi connectivity index (χ0v) is 13.4. The van der Waals surface area contributed by atoms with E-state index >= 15 is 0 Å². The van der Waals surface area contributed by atoms with E-state index in [1.54, 1.807) is 18.2 Å². The first-order valence-corrected chi connectivity index (χ1v) is 8.02. The minimum absolute atomic E-state index is 0.124. The molecule has 3 rings (SSSR count). The summed E-state index contributed by atoms with van der Waals surface area (Å²) < 4.78 is 16.1. The molecule has 0 aliphatic rings. The molecule has 2 nitrogen and oxygen atoms in total. The Morgan fingerprint density at radius 2 is 1.78 bits per heavy atom. The van der Waals surface area contributed by atoms with Gasteiger partial charge >= 0.3 is 0 Å². The summed E-state index contributed by atoms with van der Waals surface area (Å²) >= 11 is 0. The van der Waals surface area contributed by atoms with Crippen molar-refractivity contribution in [2.45, 2.75) is 32.7 Å². The number of carbonyl (C=O) groups excluding carboxylic acids is 1. The second-order valence-electron chi connectivity index (χ2n) is 5.91. The van der Waals surface area contributed by atoms with Crippen LogP contribution in [0.25, 0.3) is 10.9 Å². The van der Waals surface area contributed by atoms with E-state index in [0.717, 1.165) is 23.7 Å². The molecule has 0 aliphatic heterocycles. The zero-order chi connectivity index (χ0) is 16.4. The molecule has 0 aliphatic carbocycles. The molecule has 3 heteroatoms. The van der Waals surface area contributed by atoms with Gasteiger partial charge in [0.25, 0.3) is 0 Å². The van der Waals surface area contributed by atoms with Crippen molar-refractivity contribution < 1.29 is 9.18 Å². The lowest BCUT2D eigenvalue weighted by atomic mass is 10.0. The van der Waals surface area contributed by atoms with E-state index < -0.39 is 5.82 Å². The van der Waals surface area contributed by atoms with Crippen LogP contribution in [0.5, 0.6) is 0 Å². The van der Waals surface area contributed by atoms with Crippen molar-refractivity contribution in [3.63, 3.8) is 0 Å². The molecular formula is C20H20FNO. The van der Waals surface area contributed by atoms with Crippen molar-refractivity contribution in [3.05, 3.63) is 71.7 Å². The summed E-state index contributed by atoms with van der Waals surface area (Å²) in [5.74, 6) is -0.738. The predicted octanol–water partition coefficient (Wildman–Crippen LogP) is 5.37. The van der Waals surface area contributed by atoms with Crippen LogP contribution in [0.15, 0.2) is 54.7 Å². The van der Waals surface area contributed by atoms with Gasteiger partial charge in [0.2, 0.25) is 0 Å². The third-order valence-electron chi connectivity index (χ3n) is 4.29. The highest BCUT2D eigenvalue weighted by Crippen LogP contribution is 2.28. The first-order chi connectivity index (χ1) is 11.1. The average Bonchev–Trinajstić information content (AvgIpc) is 2.95. The highest BCUT2D eigenvalue weighted by Gasteiger charge is 2.20. The number of aromatic nitrogens is 1. The molecule has 0 spiro atoms. The zero-order valence-electron chi connectivity index (χ0n) is 13.4. The summed E-state index contributed by atoms with van der Waals surface area (Å²) in [6, 6.07) is 14.3. The Kier molecular flexibility index (Phi) is 4.28. The highest BCUT2D eigenvalue weighted by atomic mass is 19.1. The van der Waals surface area contributed by atoms with Crippen molar-refractivity contribution in [1.29, 1.82) is 0 Å². The Morgan fingerprint density at radius 3 is 2.52 bits per heavy atom. The Balaban J connectivity index is 2.15. The SMILES string of the molecule is CCCC(C)n1cc(C(=O)c2ccccc2F)c2ccccc21. The van der Waals surface area contributed by atoms with Crippen LogP contribution in [0.2, 0.25) is 0 Å². The maximum Gasteiger partial charge on any atom is 0.198 e. The minimum atomic E-state index is -0.476. The molecule has 23 heavy (non-hydrogen) atoms. The molecule has 0 radical (unpaired) electrons. The van der Waals surface area contributed by atoms with Crippen LogP contribution in [0.4, 0.5) is 4.39 Å². The molecule has 1 aromatic heterocycles. The molecule has 0 saturated carbocycles. The van der Waals surface area contributed by atoms with E-state index in [-0.39, 0.29) is 11.3 Å². The van der Waals surface area contributed by atoms with Gasteiger partial charge in [-0.3, -0.25) is 4.79 Å². The summed E-state index contributed by atoms with van der Waals surface area (Å²) in [6.45, 7) is 4.29. The molecule has 1 heterocycles. The summed E-state index contributed by atoms with van der Waals surface area (Å²) in [4.78, 5) is 12.8. The first-order valence-electron chi connectivity index (χ1n) is 8.02. The minimum Gasteiger partial charge on any atom is -0.344 e. The monoisotopic (exact) mass is 309 g/mol. The van der Waals surface area contributed by atoms with Gasteiger partial charge in [0, 0.05) is 28.7 Å². The number of para-hydroxylation sites is 1. The molecule has 0 amide bonds. The molecule has 0 saturated heterocycles. The van der Waals surface area contributed by atoms with Crippen LogP contribution < -0.4 is 0 Å². The van der Waals surface area contributed by atoms with Crippen LogP contribution in [0, 0.1) is 5.82 Å². The normalized spacial score (nSPS) is 12.5. The van der Waals surface area contributed by atoms with Crippen LogP contribution in [-0.4, -0.2) is 10.4 Å². The fourth-order valence-electron chi connectivity index (χ4n) is 3.10. The summed E-state index contributed by atoms with van der Waals surface area (Å²) in [5, 5.41) is 0.878. The van der Waals surface area contributed by atoms with E-state index in [1.165, 1.54) is 6.07 Å². The standard InChI is InChI=1S/C20H20FNO/c1-3-8-14(2)22-13-17(15-9-5-7-12-19(15)22)20(23)16-10-4-6-11-18(16)21/h4-7,9-14H,3,8H2,1-2H3. The third kappa shape index (κ3) is 2.79. The number of benzene rings is 2. The number of hydrogen-bond donors (Lipinski definition) is 0. The Labute approximate surface area is 135 Å². The maximum atomic E-state index is 14.0. The molecule has 118 valence electrons. The van der Waals surface area contributed by atoms with Crippen LogP contribution in [0.1, 0.15) is 48.7 Å². The number of halogens is 1. The highest BCUT2D eigenvalue weighted by molar-refractivity contribution is 6.16. The predicted molar refractivity (Wildman–Crippen MR) is 91.4 cm³/mol. The smallest absolute Gasteiger partial charge is 0.198 e. The number of nitrogens with zero attached hydrogens (tertiary/aromatic N) is 1. The third-order valence-corrected chi connectivity index (χ3v) is 4.29. The number of rotatable bonds is 5. The van der Waals surface area contributed by atoms with Gasteiger partial charge in [0.1, 0.15) is 5.82 Å². The van der Waals surface area contributed by atoms with E-state index in [2.05, 4.69) is 18.4 Å². The van der Waals surface area contributed by atoms with Gasteiger partial charge in [-0.15, -0.1) is 0 Å². The number of hydrogen-bond acceptors (Lipinski definition) is 1. The van der Waals surface area contributed by atoms with Gasteiger partial charge in [0.05, 0.1) is 5.56 Å². The maximum absolute atomic E-state index is 14.0. The molecule has 0 bridgehead atoms. The van der Waals surface area contributed by atoms with E-state index in [0.29, 0.717) is 11.6 Å².